The zero-order valence-corrected chi connectivity index (χ0v) is 19.4. The summed E-state index contributed by atoms with van der Waals surface area (Å²) in [6, 6.07) is 4.29. The minimum Gasteiger partial charge on any atom is -0.464 e. The van der Waals surface area contributed by atoms with Crippen LogP contribution in [0.25, 0.3) is 0 Å². The van der Waals surface area contributed by atoms with E-state index in [0.717, 1.165) is 18.2 Å². The third-order valence-electron chi connectivity index (χ3n) is 4.51. The largest absolute Gasteiger partial charge is 0.464 e. The number of benzene rings is 2. The van der Waals surface area contributed by atoms with Gasteiger partial charge in [-0.05, 0) is 48.6 Å². The van der Waals surface area contributed by atoms with Gasteiger partial charge in [0.15, 0.2) is 0 Å². The molecule has 0 bridgehead atoms. The highest BCUT2D eigenvalue weighted by Gasteiger charge is 2.46. The maximum atomic E-state index is 12.9. The maximum Gasteiger partial charge on any atom is 0.416 e. The van der Waals surface area contributed by atoms with Gasteiger partial charge in [-0.1, -0.05) is 29.3 Å². The minimum absolute atomic E-state index is 0.128. The number of allylic oxidation sites excluding steroid dienone is 2. The molecule has 0 spiro atoms. The lowest BCUT2D eigenvalue weighted by Gasteiger charge is -2.31. The van der Waals surface area contributed by atoms with Gasteiger partial charge in [-0.3, -0.25) is 0 Å². The van der Waals surface area contributed by atoms with Gasteiger partial charge in [0.1, 0.15) is 17.3 Å². The summed E-state index contributed by atoms with van der Waals surface area (Å²) in [7, 11) is 0.962. The van der Waals surface area contributed by atoms with E-state index >= 15 is 0 Å². The Kier molecular flexibility index (Phi) is 7.16. The van der Waals surface area contributed by atoms with Crippen molar-refractivity contribution in [2.45, 2.75) is 23.7 Å². The zero-order chi connectivity index (χ0) is 25.5. The topological polar surface area (TPSA) is 52.6 Å². The summed E-state index contributed by atoms with van der Waals surface area (Å²) >= 11 is 11.7. The summed E-state index contributed by atoms with van der Waals surface area (Å²) < 4.78 is 113. The molecule has 0 fully saturated rings. The fourth-order valence-electron chi connectivity index (χ4n) is 2.87. The van der Waals surface area contributed by atoms with Gasteiger partial charge < -0.3 is 9.47 Å². The Morgan fingerprint density at radius 1 is 0.853 bits per heavy atom. The summed E-state index contributed by atoms with van der Waals surface area (Å²) in [6.07, 6.45) is -6.48. The monoisotopic (exact) mass is 566 g/mol. The molecule has 0 N–H and O–H groups in total. The first-order valence-corrected chi connectivity index (χ1v) is 12.0. The van der Waals surface area contributed by atoms with Crippen molar-refractivity contribution in [3.8, 4) is 11.5 Å². The van der Waals surface area contributed by atoms with Crippen LogP contribution in [0.2, 0.25) is 10.0 Å². The third-order valence-corrected chi connectivity index (χ3v) is 7.07. The van der Waals surface area contributed by atoms with E-state index in [2.05, 4.69) is 0 Å². The average Bonchev–Trinajstić information content (AvgIpc) is 2.69. The molecule has 4 nitrogen and oxygen atoms in total. The van der Waals surface area contributed by atoms with Crippen LogP contribution < -0.4 is 9.47 Å². The summed E-state index contributed by atoms with van der Waals surface area (Å²) in [5.41, 5.74) is -2.12. The van der Waals surface area contributed by atoms with E-state index in [0.29, 0.717) is 24.3 Å². The number of rotatable bonds is 5. The molecule has 184 valence electrons. The molecule has 34 heavy (non-hydrogen) atoms. The van der Waals surface area contributed by atoms with Crippen molar-refractivity contribution >= 4 is 42.9 Å². The molecule has 3 rings (SSSR count). The Morgan fingerprint density at radius 2 is 1.35 bits per heavy atom. The Labute approximate surface area is 203 Å². The van der Waals surface area contributed by atoms with E-state index in [9.17, 15) is 34.8 Å². The van der Waals surface area contributed by atoms with Crippen LogP contribution in [-0.2, 0) is 21.4 Å². The highest BCUT2D eigenvalue weighted by molar-refractivity contribution is 8.14. The minimum atomic E-state index is -4.70. The molecule has 0 saturated heterocycles. The normalized spacial score (nSPS) is 19.0. The van der Waals surface area contributed by atoms with Crippen molar-refractivity contribution in [3.63, 3.8) is 0 Å². The van der Waals surface area contributed by atoms with Crippen LogP contribution in [0.15, 0.2) is 60.4 Å². The lowest BCUT2D eigenvalue weighted by Crippen LogP contribution is -2.42. The van der Waals surface area contributed by atoms with Crippen LogP contribution in [0.3, 0.4) is 0 Å². The zero-order valence-electron chi connectivity index (χ0n) is 16.3. The summed E-state index contributed by atoms with van der Waals surface area (Å²) in [5, 5.41) is -0.943. The Morgan fingerprint density at radius 3 is 1.79 bits per heavy atom. The average molecular weight is 568 g/mol. The van der Waals surface area contributed by atoms with Gasteiger partial charge in [-0.15, -0.1) is 0 Å². The summed E-state index contributed by atoms with van der Waals surface area (Å²) in [6.45, 7) is 0. The second-order valence-corrected chi connectivity index (χ2v) is 10.5. The molecule has 14 heteroatoms. The lowest BCUT2D eigenvalue weighted by molar-refractivity contribution is -0.138. The van der Waals surface area contributed by atoms with Crippen LogP contribution in [-0.4, -0.2) is 13.4 Å². The van der Waals surface area contributed by atoms with E-state index in [1.165, 1.54) is 12.2 Å². The second kappa shape index (κ2) is 9.18. The lowest BCUT2D eigenvalue weighted by atomic mass is 10.1. The van der Waals surface area contributed by atoms with Crippen LogP contribution in [0, 0.1) is 0 Å². The molecular weight excluding hydrogens is 557 g/mol. The number of halogens is 9. The number of alkyl halides is 6. The van der Waals surface area contributed by atoms with Crippen LogP contribution >= 0.6 is 33.9 Å². The summed E-state index contributed by atoms with van der Waals surface area (Å²) in [5.74, 6) is -0.765. The van der Waals surface area contributed by atoms with E-state index in [1.807, 2.05) is 0 Å². The van der Waals surface area contributed by atoms with E-state index in [-0.39, 0.29) is 11.5 Å². The van der Waals surface area contributed by atoms with E-state index in [1.54, 1.807) is 0 Å². The van der Waals surface area contributed by atoms with Gasteiger partial charge in [0, 0.05) is 10.7 Å². The van der Waals surface area contributed by atoms with Crippen molar-refractivity contribution in [2.75, 3.05) is 0 Å². The first-order chi connectivity index (χ1) is 15.5. The molecule has 0 amide bonds. The Balaban J connectivity index is 1.90. The van der Waals surface area contributed by atoms with Crippen molar-refractivity contribution in [2.24, 2.45) is 0 Å². The molecule has 1 aliphatic rings. The first kappa shape index (κ1) is 26.5. The van der Waals surface area contributed by atoms with Gasteiger partial charge in [0.05, 0.1) is 27.6 Å². The van der Waals surface area contributed by atoms with Crippen LogP contribution in [0.5, 0.6) is 11.5 Å². The van der Waals surface area contributed by atoms with Crippen molar-refractivity contribution < 1.29 is 44.2 Å². The van der Waals surface area contributed by atoms with Gasteiger partial charge >= 0.3 is 12.4 Å². The van der Waals surface area contributed by atoms with Crippen LogP contribution in [0.1, 0.15) is 17.5 Å². The molecule has 2 aromatic rings. The van der Waals surface area contributed by atoms with Crippen LogP contribution in [0.4, 0.5) is 26.3 Å². The van der Waals surface area contributed by atoms with E-state index in [4.69, 9.17) is 43.4 Å². The molecular formula is C20H11Cl3F6O4S. The van der Waals surface area contributed by atoms with Crippen molar-refractivity contribution in [1.29, 1.82) is 0 Å². The molecule has 1 unspecified atom stereocenters. The summed E-state index contributed by atoms with van der Waals surface area (Å²) in [4.78, 5) is -2.36. The molecule has 0 aromatic heterocycles. The Hall–Kier alpha value is -2.08. The number of ether oxygens (including phenoxy) is 2. The van der Waals surface area contributed by atoms with Gasteiger partial charge in [-0.2, -0.15) is 26.3 Å². The molecule has 0 aliphatic heterocycles. The first-order valence-electron chi connectivity index (χ1n) is 8.95. The molecule has 0 radical (unpaired) electrons. The SMILES string of the molecule is O=S(=O)(Cl)C1(Oc2ccc(C(F)(F)F)cc2Cl)C=CC=C(Oc2ccc(C(F)(F)F)cc2Cl)C1. The fraction of sp³-hybridized carbons (Fsp3) is 0.200. The standard InChI is InChI=1S/C20H11Cl3F6O4S/c21-14-8-11(19(24,25)26)3-5-16(14)32-13-2-1-7-18(10-13,34(23,30)31)33-17-6-4-12(9-15(17)22)20(27,28)29/h1-9H,10H2. The predicted octanol–water partition coefficient (Wildman–Crippen LogP) is 7.60. The molecule has 2 aromatic carbocycles. The quantitative estimate of drug-likeness (QED) is 0.276. The smallest absolute Gasteiger partial charge is 0.416 e. The molecule has 0 heterocycles. The van der Waals surface area contributed by atoms with Crippen molar-refractivity contribution in [1.82, 2.24) is 0 Å². The number of hydrogen-bond acceptors (Lipinski definition) is 4. The molecule has 1 aliphatic carbocycles. The van der Waals surface area contributed by atoms with Crippen molar-refractivity contribution in [3.05, 3.63) is 81.6 Å². The van der Waals surface area contributed by atoms with Gasteiger partial charge in [0.25, 0.3) is 9.05 Å². The highest BCUT2D eigenvalue weighted by Crippen LogP contribution is 2.42. The highest BCUT2D eigenvalue weighted by atomic mass is 35.7. The fourth-order valence-corrected chi connectivity index (χ4v) is 4.46. The predicted molar refractivity (Wildman–Crippen MR) is 114 cm³/mol. The second-order valence-electron chi connectivity index (χ2n) is 6.91. The maximum absolute atomic E-state index is 12.9. The van der Waals surface area contributed by atoms with Gasteiger partial charge in [-0.25, -0.2) is 8.42 Å². The third kappa shape index (κ3) is 5.76. The molecule has 0 saturated carbocycles. The number of hydrogen-bond donors (Lipinski definition) is 0. The molecule has 1 atom stereocenters. The Bertz CT molecular complexity index is 1270. The van der Waals surface area contributed by atoms with E-state index < -0.39 is 59.7 Å². The van der Waals surface area contributed by atoms with Gasteiger partial charge in [0.2, 0.25) is 4.93 Å².